The van der Waals surface area contributed by atoms with Crippen LogP contribution in [0.4, 0.5) is 0 Å². The van der Waals surface area contributed by atoms with Gasteiger partial charge in [0, 0.05) is 43.3 Å². The molecule has 0 saturated heterocycles. The number of hydrogen-bond donors (Lipinski definition) is 2. The highest BCUT2D eigenvalue weighted by atomic mass is 79.9. The quantitative estimate of drug-likeness (QED) is 0.0545. The summed E-state index contributed by atoms with van der Waals surface area (Å²) in [5.41, 5.74) is 3.55. The van der Waals surface area contributed by atoms with Gasteiger partial charge in [0.25, 0.3) is 11.1 Å². The van der Waals surface area contributed by atoms with E-state index in [1.807, 2.05) is 36.4 Å². The lowest BCUT2D eigenvalue weighted by Crippen LogP contribution is -2.36. The van der Waals surface area contributed by atoms with Gasteiger partial charge in [0.2, 0.25) is 0 Å². The molecule has 2 aromatic heterocycles. The first kappa shape index (κ1) is 48.8. The van der Waals surface area contributed by atoms with Crippen LogP contribution < -0.4 is 11.1 Å². The number of carbonyl (C=O) groups is 4. The summed E-state index contributed by atoms with van der Waals surface area (Å²) in [6.07, 6.45) is 0. The van der Waals surface area contributed by atoms with E-state index in [9.17, 15) is 28.8 Å². The highest BCUT2D eigenvalue weighted by Gasteiger charge is 2.43. The SMILES string of the molecule is CCOC(=O)C(C(=O)OCC)[C@H](c1ccc(Br)cc1)c1c(C)[nH]n(-c2ccccc2)c1=O.CCOC(=O)C(C(=O)OCC)[C@H](c1ccc(Br)cc1)c1c(C)[nH]n(-c2ccccc2)c1=O. The molecule has 2 N–H and O–H groups in total. The summed E-state index contributed by atoms with van der Waals surface area (Å²) >= 11 is 6.81. The Bertz CT molecular complexity index is 2420. The van der Waals surface area contributed by atoms with Gasteiger partial charge in [-0.2, -0.15) is 0 Å². The molecule has 0 aliphatic heterocycles. The van der Waals surface area contributed by atoms with E-state index in [-0.39, 0.29) is 37.5 Å². The van der Waals surface area contributed by atoms with Crippen LogP contribution in [0.3, 0.4) is 0 Å². The number of H-pyrrole nitrogens is 2. The fraction of sp³-hybridized carbons (Fsp3) is 0.292. The van der Waals surface area contributed by atoms with Gasteiger partial charge >= 0.3 is 23.9 Å². The number of ether oxygens (including phenoxy) is 4. The number of hydrogen-bond acceptors (Lipinski definition) is 10. The number of aromatic nitrogens is 4. The standard InChI is InChI=1S/2C24H25BrN2O5/c2*1-4-31-23(29)21(24(30)32-5-2)20(16-11-13-17(25)14-12-16)19-15(3)26-27(22(19)28)18-9-7-6-8-10-18/h2*6-14,20-21,26H,4-5H2,1-3H3/t2*20-/m11/s1. The van der Waals surface area contributed by atoms with Gasteiger partial charge in [-0.25, -0.2) is 9.36 Å². The number of halogens is 2. The van der Waals surface area contributed by atoms with Gasteiger partial charge in [0.1, 0.15) is 0 Å². The number of aryl methyl sites for hydroxylation is 2. The molecule has 64 heavy (non-hydrogen) atoms. The van der Waals surface area contributed by atoms with Crippen LogP contribution in [0.15, 0.2) is 128 Å². The summed E-state index contributed by atoms with van der Waals surface area (Å²) in [5.74, 6) is -7.37. The molecule has 0 aliphatic carbocycles. The molecule has 0 unspecified atom stereocenters. The normalized spacial score (nSPS) is 11.9. The Morgan fingerprint density at radius 1 is 0.484 bits per heavy atom. The van der Waals surface area contributed by atoms with Crippen LogP contribution in [0.25, 0.3) is 11.4 Å². The zero-order chi connectivity index (χ0) is 46.5. The first-order valence-electron chi connectivity index (χ1n) is 20.7. The molecule has 2 heterocycles. The second-order valence-electron chi connectivity index (χ2n) is 14.3. The zero-order valence-corrected chi connectivity index (χ0v) is 39.4. The molecule has 0 radical (unpaired) electrons. The Balaban J connectivity index is 0.000000241. The number of nitrogens with one attached hydrogen (secondary N) is 2. The van der Waals surface area contributed by atoms with Crippen LogP contribution in [0, 0.1) is 25.7 Å². The molecule has 0 saturated carbocycles. The maximum absolute atomic E-state index is 13.6. The fourth-order valence-corrected chi connectivity index (χ4v) is 7.95. The molecule has 14 nitrogen and oxygen atoms in total. The van der Waals surface area contributed by atoms with E-state index in [1.165, 1.54) is 9.36 Å². The van der Waals surface area contributed by atoms with Crippen molar-refractivity contribution in [3.63, 3.8) is 0 Å². The minimum Gasteiger partial charge on any atom is -0.465 e. The number of rotatable bonds is 16. The van der Waals surface area contributed by atoms with Crippen molar-refractivity contribution in [3.05, 3.63) is 172 Å². The Morgan fingerprint density at radius 3 is 1.03 bits per heavy atom. The first-order chi connectivity index (χ1) is 30.8. The van der Waals surface area contributed by atoms with E-state index >= 15 is 0 Å². The van der Waals surface area contributed by atoms with Crippen LogP contribution in [-0.4, -0.2) is 69.9 Å². The minimum absolute atomic E-state index is 0.0994. The van der Waals surface area contributed by atoms with Crippen molar-refractivity contribution in [3.8, 4) is 11.4 Å². The van der Waals surface area contributed by atoms with Crippen LogP contribution >= 0.6 is 31.9 Å². The molecule has 2 atom stereocenters. The molecule has 0 amide bonds. The molecular weight excluding hydrogens is 952 g/mol. The summed E-state index contributed by atoms with van der Waals surface area (Å²) in [5, 5.41) is 6.16. The molecule has 16 heteroatoms. The highest BCUT2D eigenvalue weighted by molar-refractivity contribution is 9.10. The number of benzene rings is 4. The maximum Gasteiger partial charge on any atom is 0.321 e. The fourth-order valence-electron chi connectivity index (χ4n) is 7.43. The lowest BCUT2D eigenvalue weighted by Gasteiger charge is -2.24. The van der Waals surface area contributed by atoms with E-state index < -0.39 is 47.5 Å². The van der Waals surface area contributed by atoms with E-state index in [0.29, 0.717) is 45.0 Å². The number of para-hydroxylation sites is 2. The van der Waals surface area contributed by atoms with Gasteiger partial charge in [0.15, 0.2) is 11.8 Å². The summed E-state index contributed by atoms with van der Waals surface area (Å²) in [6, 6.07) is 32.5. The van der Waals surface area contributed by atoms with Gasteiger partial charge in [-0.05, 0) is 101 Å². The van der Waals surface area contributed by atoms with Crippen molar-refractivity contribution < 1.29 is 38.1 Å². The Hall–Kier alpha value is -6.26. The van der Waals surface area contributed by atoms with Gasteiger partial charge in [-0.3, -0.25) is 39.0 Å². The zero-order valence-electron chi connectivity index (χ0n) is 36.3. The minimum atomic E-state index is -1.33. The summed E-state index contributed by atoms with van der Waals surface area (Å²) < 4.78 is 25.4. The molecule has 4 aromatic carbocycles. The highest BCUT2D eigenvalue weighted by Crippen LogP contribution is 2.36. The molecule has 0 aliphatic rings. The molecule has 6 aromatic rings. The molecule has 0 bridgehead atoms. The summed E-state index contributed by atoms with van der Waals surface area (Å²) in [6.45, 7) is 10.5. The van der Waals surface area contributed by atoms with Crippen molar-refractivity contribution in [1.82, 2.24) is 19.6 Å². The topological polar surface area (TPSA) is 181 Å². The van der Waals surface area contributed by atoms with Crippen LogP contribution in [0.1, 0.15) is 73.2 Å². The van der Waals surface area contributed by atoms with Gasteiger partial charge in [-0.1, -0.05) is 92.5 Å². The maximum atomic E-state index is 13.6. The summed E-state index contributed by atoms with van der Waals surface area (Å²) in [7, 11) is 0. The molecule has 6 rings (SSSR count). The van der Waals surface area contributed by atoms with Crippen molar-refractivity contribution >= 4 is 55.7 Å². The van der Waals surface area contributed by atoms with E-state index in [4.69, 9.17) is 18.9 Å². The predicted molar refractivity (Wildman–Crippen MR) is 248 cm³/mol. The number of esters is 4. The van der Waals surface area contributed by atoms with E-state index in [2.05, 4.69) is 42.1 Å². The largest absolute Gasteiger partial charge is 0.465 e. The Morgan fingerprint density at radius 2 is 0.766 bits per heavy atom. The van der Waals surface area contributed by atoms with Gasteiger partial charge in [0.05, 0.1) is 37.8 Å². The average molecular weight is 1000 g/mol. The van der Waals surface area contributed by atoms with Crippen molar-refractivity contribution in [2.45, 2.75) is 53.4 Å². The number of nitrogens with zero attached hydrogens (tertiary/aromatic N) is 2. The van der Waals surface area contributed by atoms with Gasteiger partial charge < -0.3 is 18.9 Å². The molecule has 0 spiro atoms. The lowest BCUT2D eigenvalue weighted by atomic mass is 9.80. The number of aromatic amines is 2. The van der Waals surface area contributed by atoms with Crippen molar-refractivity contribution in [1.29, 1.82) is 0 Å². The monoisotopic (exact) mass is 1000 g/mol. The predicted octanol–water partition coefficient (Wildman–Crippen LogP) is 8.22. The third-order valence-corrected chi connectivity index (χ3v) is 11.2. The number of carbonyl (C=O) groups excluding carboxylic acids is 4. The lowest BCUT2D eigenvalue weighted by molar-refractivity contribution is -0.164. The Kier molecular flexibility index (Phi) is 17.4. The smallest absolute Gasteiger partial charge is 0.321 e. The van der Waals surface area contributed by atoms with Crippen LogP contribution in [-0.2, 0) is 38.1 Å². The van der Waals surface area contributed by atoms with E-state index in [0.717, 1.165) is 8.95 Å². The van der Waals surface area contributed by atoms with Crippen molar-refractivity contribution in [2.75, 3.05) is 26.4 Å². The third kappa shape index (κ3) is 11.3. The van der Waals surface area contributed by atoms with Crippen molar-refractivity contribution in [2.24, 2.45) is 11.8 Å². The molecular formula is C48H50Br2N4O10. The van der Waals surface area contributed by atoms with Crippen LogP contribution in [0.5, 0.6) is 0 Å². The average Bonchev–Trinajstić information content (AvgIpc) is 3.75. The Labute approximate surface area is 387 Å². The summed E-state index contributed by atoms with van der Waals surface area (Å²) in [4.78, 5) is 79.0. The third-order valence-electron chi connectivity index (χ3n) is 10.2. The van der Waals surface area contributed by atoms with Gasteiger partial charge in [-0.15, -0.1) is 0 Å². The molecule has 336 valence electrons. The molecule has 0 fully saturated rings. The van der Waals surface area contributed by atoms with Crippen LogP contribution in [0.2, 0.25) is 0 Å². The van der Waals surface area contributed by atoms with E-state index in [1.54, 1.807) is 114 Å². The second-order valence-corrected chi connectivity index (χ2v) is 16.1. The first-order valence-corrected chi connectivity index (χ1v) is 22.3. The second kappa shape index (κ2) is 22.9.